The molecule has 0 aliphatic heterocycles. The van der Waals surface area contributed by atoms with E-state index in [1.165, 1.54) is 12.1 Å². The first-order chi connectivity index (χ1) is 10.7. The van der Waals surface area contributed by atoms with Gasteiger partial charge in [-0.1, -0.05) is 19.9 Å². The Balaban J connectivity index is 0.00000288. The second kappa shape index (κ2) is 7.81. The summed E-state index contributed by atoms with van der Waals surface area (Å²) in [5, 5.41) is 2.92. The molecule has 2 rings (SSSR count). The lowest BCUT2D eigenvalue weighted by atomic mass is 9.54. The first-order valence-corrected chi connectivity index (χ1v) is 8.16. The van der Waals surface area contributed by atoms with Crippen LogP contribution in [0.2, 0.25) is 0 Å². The van der Waals surface area contributed by atoms with Crippen molar-refractivity contribution in [1.29, 1.82) is 0 Å². The Kier molecular flexibility index (Phi) is 6.79. The van der Waals surface area contributed by atoms with Gasteiger partial charge in [0.25, 0.3) is 0 Å². The van der Waals surface area contributed by atoms with E-state index in [1.807, 2.05) is 27.7 Å². The molecule has 0 heterocycles. The third-order valence-corrected chi connectivity index (χ3v) is 5.22. The van der Waals surface area contributed by atoms with E-state index < -0.39 is 5.54 Å². The molecule has 0 aromatic heterocycles. The summed E-state index contributed by atoms with van der Waals surface area (Å²) < 4.78 is 18.7. The predicted molar refractivity (Wildman–Crippen MR) is 95.8 cm³/mol. The van der Waals surface area contributed by atoms with Crippen LogP contribution in [0.5, 0.6) is 0 Å². The van der Waals surface area contributed by atoms with E-state index in [1.54, 1.807) is 6.07 Å². The molecule has 1 aromatic rings. The van der Waals surface area contributed by atoms with E-state index in [0.29, 0.717) is 26.0 Å². The van der Waals surface area contributed by atoms with Gasteiger partial charge in [-0.2, -0.15) is 0 Å². The maximum Gasteiger partial charge on any atom is 0.240 e. The number of amides is 1. The summed E-state index contributed by atoms with van der Waals surface area (Å²) in [6.45, 7) is 8.86. The molecule has 136 valence electrons. The van der Waals surface area contributed by atoms with Gasteiger partial charge in [0, 0.05) is 25.0 Å². The molecular formula is C18H28ClFN2O2. The normalized spacial score (nSPS) is 24.7. The quantitative estimate of drug-likeness (QED) is 0.821. The van der Waals surface area contributed by atoms with E-state index in [4.69, 9.17) is 10.5 Å². The summed E-state index contributed by atoms with van der Waals surface area (Å²) in [5.41, 5.74) is 6.96. The molecule has 1 saturated carbocycles. The minimum atomic E-state index is -0.898. The molecular weight excluding hydrogens is 331 g/mol. The van der Waals surface area contributed by atoms with Gasteiger partial charge in [0.05, 0.1) is 6.10 Å². The number of nitrogens with two attached hydrogens (primary N) is 1. The third kappa shape index (κ3) is 3.73. The molecule has 1 fully saturated rings. The highest BCUT2D eigenvalue weighted by atomic mass is 35.5. The number of benzene rings is 1. The zero-order valence-corrected chi connectivity index (χ0v) is 15.6. The molecule has 1 amide bonds. The Morgan fingerprint density at radius 3 is 2.67 bits per heavy atom. The second-order valence-corrected chi connectivity index (χ2v) is 6.92. The monoisotopic (exact) mass is 358 g/mol. The van der Waals surface area contributed by atoms with Crippen molar-refractivity contribution in [3.8, 4) is 0 Å². The minimum absolute atomic E-state index is 0. The van der Waals surface area contributed by atoms with Crippen LogP contribution < -0.4 is 11.1 Å². The van der Waals surface area contributed by atoms with Gasteiger partial charge in [0.2, 0.25) is 5.91 Å². The number of carbonyl (C=O) groups is 1. The van der Waals surface area contributed by atoms with Gasteiger partial charge in [0.1, 0.15) is 11.4 Å². The molecule has 2 atom stereocenters. The Labute approximate surface area is 149 Å². The van der Waals surface area contributed by atoms with Crippen LogP contribution in [0.3, 0.4) is 0 Å². The minimum Gasteiger partial charge on any atom is -0.378 e. The molecule has 1 aromatic carbocycles. The van der Waals surface area contributed by atoms with Crippen LogP contribution in [0, 0.1) is 18.2 Å². The van der Waals surface area contributed by atoms with Crippen LogP contribution >= 0.6 is 12.4 Å². The number of nitrogens with one attached hydrogen (secondary N) is 1. The largest absolute Gasteiger partial charge is 0.378 e. The number of halogens is 2. The van der Waals surface area contributed by atoms with Crippen molar-refractivity contribution < 1.29 is 13.9 Å². The number of carbonyl (C=O) groups excluding carboxylic acids is 1. The van der Waals surface area contributed by atoms with Gasteiger partial charge in [-0.25, -0.2) is 4.39 Å². The van der Waals surface area contributed by atoms with Crippen molar-refractivity contribution in [2.24, 2.45) is 11.1 Å². The van der Waals surface area contributed by atoms with Crippen LogP contribution in [0.25, 0.3) is 0 Å². The summed E-state index contributed by atoms with van der Waals surface area (Å²) in [5.74, 6) is -0.382. The Morgan fingerprint density at radius 1 is 1.46 bits per heavy atom. The summed E-state index contributed by atoms with van der Waals surface area (Å²) in [6, 6.07) is 4.70. The smallest absolute Gasteiger partial charge is 0.240 e. The molecule has 4 nitrogen and oxygen atoms in total. The van der Waals surface area contributed by atoms with Gasteiger partial charge < -0.3 is 15.8 Å². The predicted octanol–water partition coefficient (Wildman–Crippen LogP) is 2.75. The molecule has 1 aliphatic rings. The van der Waals surface area contributed by atoms with Gasteiger partial charge in [-0.05, 0) is 43.5 Å². The number of aryl methyl sites for hydroxylation is 1. The second-order valence-electron chi connectivity index (χ2n) is 6.92. The topological polar surface area (TPSA) is 64.3 Å². The summed E-state index contributed by atoms with van der Waals surface area (Å²) in [6.07, 6.45) is 1.21. The fourth-order valence-corrected chi connectivity index (χ4v) is 3.23. The highest BCUT2D eigenvalue weighted by Crippen LogP contribution is 2.49. The average Bonchev–Trinajstić information content (AvgIpc) is 2.48. The molecule has 0 bridgehead atoms. The molecule has 0 radical (unpaired) electrons. The van der Waals surface area contributed by atoms with E-state index in [-0.39, 0.29) is 35.7 Å². The van der Waals surface area contributed by atoms with E-state index in [9.17, 15) is 9.18 Å². The zero-order valence-electron chi connectivity index (χ0n) is 14.8. The Bertz CT molecular complexity index is 594. The number of rotatable bonds is 6. The van der Waals surface area contributed by atoms with Gasteiger partial charge in [-0.3, -0.25) is 4.79 Å². The fraction of sp³-hybridized carbons (Fsp3) is 0.611. The molecule has 0 spiro atoms. The maximum absolute atomic E-state index is 13.1. The van der Waals surface area contributed by atoms with E-state index >= 15 is 0 Å². The van der Waals surface area contributed by atoms with Crippen molar-refractivity contribution in [3.63, 3.8) is 0 Å². The lowest BCUT2D eigenvalue weighted by Gasteiger charge is -2.57. The van der Waals surface area contributed by atoms with Crippen molar-refractivity contribution in [3.05, 3.63) is 35.1 Å². The van der Waals surface area contributed by atoms with Crippen LogP contribution in [0.15, 0.2) is 18.2 Å². The highest BCUT2D eigenvalue weighted by molar-refractivity contribution is 5.88. The van der Waals surface area contributed by atoms with Crippen LogP contribution in [0.4, 0.5) is 4.39 Å². The number of ether oxygens (including phenoxy) is 1. The average molecular weight is 359 g/mol. The third-order valence-electron chi connectivity index (χ3n) is 5.22. The highest BCUT2D eigenvalue weighted by Gasteiger charge is 2.62. The van der Waals surface area contributed by atoms with Crippen molar-refractivity contribution >= 4 is 18.3 Å². The first-order valence-electron chi connectivity index (χ1n) is 8.16. The molecule has 2 unspecified atom stereocenters. The van der Waals surface area contributed by atoms with E-state index in [0.717, 1.165) is 11.1 Å². The fourth-order valence-electron chi connectivity index (χ4n) is 3.23. The van der Waals surface area contributed by atoms with Crippen LogP contribution in [0.1, 0.15) is 38.3 Å². The van der Waals surface area contributed by atoms with Gasteiger partial charge >= 0.3 is 0 Å². The summed E-state index contributed by atoms with van der Waals surface area (Å²) >= 11 is 0. The zero-order chi connectivity index (χ0) is 17.3. The standard InChI is InChI=1S/C18H27FN2O2.ClH/c1-5-23-15-11-18(20,17(15,3)4)16(22)21-9-8-13-6-7-14(19)10-12(13)2;/h6-7,10,15H,5,8-9,11,20H2,1-4H3,(H,21,22);1H. The van der Waals surface area contributed by atoms with Crippen molar-refractivity contribution in [1.82, 2.24) is 5.32 Å². The molecule has 24 heavy (non-hydrogen) atoms. The lowest BCUT2D eigenvalue weighted by molar-refractivity contribution is -0.170. The van der Waals surface area contributed by atoms with Crippen LogP contribution in [-0.4, -0.2) is 30.7 Å². The van der Waals surface area contributed by atoms with Crippen molar-refractivity contribution in [2.45, 2.75) is 52.2 Å². The SMILES string of the molecule is CCOC1CC(N)(C(=O)NCCc2ccc(F)cc2C)C1(C)C.Cl. The first kappa shape index (κ1) is 20.9. The maximum atomic E-state index is 13.1. The molecule has 1 aliphatic carbocycles. The number of hydrogen-bond donors (Lipinski definition) is 2. The van der Waals surface area contributed by atoms with Crippen LogP contribution in [-0.2, 0) is 16.0 Å². The van der Waals surface area contributed by atoms with Crippen molar-refractivity contribution in [2.75, 3.05) is 13.2 Å². The Hall–Kier alpha value is -1.17. The van der Waals surface area contributed by atoms with E-state index in [2.05, 4.69) is 5.32 Å². The molecule has 6 heteroatoms. The molecule has 0 saturated heterocycles. The Morgan fingerprint density at radius 2 is 2.12 bits per heavy atom. The number of hydrogen-bond acceptors (Lipinski definition) is 3. The van der Waals surface area contributed by atoms with Gasteiger partial charge in [0.15, 0.2) is 0 Å². The summed E-state index contributed by atoms with van der Waals surface area (Å²) in [4.78, 5) is 12.5. The molecule has 3 N–H and O–H groups in total. The summed E-state index contributed by atoms with van der Waals surface area (Å²) in [7, 11) is 0. The van der Waals surface area contributed by atoms with Gasteiger partial charge in [-0.15, -0.1) is 12.4 Å². The lowest BCUT2D eigenvalue weighted by Crippen LogP contribution is -2.75.